The van der Waals surface area contributed by atoms with Crippen LogP contribution in [0.15, 0.2) is 27.6 Å². The van der Waals surface area contributed by atoms with Crippen LogP contribution in [0, 0.1) is 0 Å². The molecule has 24 heavy (non-hydrogen) atoms. The topological polar surface area (TPSA) is 116 Å². The maximum absolute atomic E-state index is 12.7. The van der Waals surface area contributed by atoms with E-state index in [-0.39, 0.29) is 16.7 Å². The Morgan fingerprint density at radius 2 is 1.96 bits per heavy atom. The van der Waals surface area contributed by atoms with Gasteiger partial charge in [0.25, 0.3) is 0 Å². The number of rotatable bonds is 5. The van der Waals surface area contributed by atoms with Crippen LogP contribution in [0.5, 0.6) is 0 Å². The molecule has 128 valence electrons. The second-order valence-electron chi connectivity index (χ2n) is 5.80. The summed E-state index contributed by atoms with van der Waals surface area (Å²) in [7, 11) is -2.19. The van der Waals surface area contributed by atoms with E-state index in [4.69, 9.17) is 4.52 Å². The van der Waals surface area contributed by atoms with Gasteiger partial charge in [-0.25, -0.2) is 8.42 Å². The predicted molar refractivity (Wildman–Crippen MR) is 85.6 cm³/mol. The lowest BCUT2D eigenvalue weighted by Gasteiger charge is -2.10. The molecule has 0 saturated carbocycles. The number of hydrogen-bond donors (Lipinski definition) is 1. The summed E-state index contributed by atoms with van der Waals surface area (Å²) in [6.45, 7) is 5.50. The third kappa shape index (κ3) is 3.02. The summed E-state index contributed by atoms with van der Waals surface area (Å²) in [5, 5.41) is 12.1. The number of nitrogens with one attached hydrogen (secondary N) is 1. The molecular formula is C14H18N6O3S. The molecule has 0 radical (unpaired) electrons. The molecule has 0 aliphatic rings. The van der Waals surface area contributed by atoms with Crippen LogP contribution >= 0.6 is 0 Å². The van der Waals surface area contributed by atoms with Crippen LogP contribution in [0.2, 0.25) is 0 Å². The fraction of sp³-hybridized carbons (Fsp3) is 0.429. The Morgan fingerprint density at radius 3 is 2.62 bits per heavy atom. The van der Waals surface area contributed by atoms with E-state index < -0.39 is 16.1 Å². The fourth-order valence-electron chi connectivity index (χ4n) is 2.24. The lowest BCUT2D eigenvalue weighted by atomic mass is 10.2. The van der Waals surface area contributed by atoms with Gasteiger partial charge in [0.1, 0.15) is 15.9 Å². The van der Waals surface area contributed by atoms with Gasteiger partial charge in [0.15, 0.2) is 5.82 Å². The molecule has 1 unspecified atom stereocenters. The summed E-state index contributed by atoms with van der Waals surface area (Å²) in [6.07, 6.45) is 0. The van der Waals surface area contributed by atoms with Gasteiger partial charge in [-0.1, -0.05) is 25.1 Å². The Kier molecular flexibility index (Phi) is 4.10. The van der Waals surface area contributed by atoms with Crippen molar-refractivity contribution in [3.05, 3.63) is 29.9 Å². The van der Waals surface area contributed by atoms with Crippen molar-refractivity contribution in [2.24, 2.45) is 7.05 Å². The van der Waals surface area contributed by atoms with Crippen LogP contribution in [0.3, 0.4) is 0 Å². The van der Waals surface area contributed by atoms with Crippen LogP contribution in [0.1, 0.15) is 44.4 Å². The maximum atomic E-state index is 12.7. The SMILES string of the molecule is CC(C)c1noc(C(C)NS(=O)(=O)c2cccc3nn(C)nc23)n1. The minimum absolute atomic E-state index is 0.0588. The van der Waals surface area contributed by atoms with Crippen molar-refractivity contribution in [1.29, 1.82) is 0 Å². The first-order chi connectivity index (χ1) is 11.3. The molecule has 10 heteroatoms. The molecular weight excluding hydrogens is 332 g/mol. The lowest BCUT2D eigenvalue weighted by Crippen LogP contribution is -2.27. The monoisotopic (exact) mass is 350 g/mol. The molecule has 1 N–H and O–H groups in total. The number of sulfonamides is 1. The molecule has 0 fully saturated rings. The lowest BCUT2D eigenvalue weighted by molar-refractivity contribution is 0.348. The number of nitrogens with zero attached hydrogens (tertiary/aromatic N) is 5. The minimum Gasteiger partial charge on any atom is -0.338 e. The molecule has 3 rings (SSSR count). The highest BCUT2D eigenvalue weighted by atomic mass is 32.2. The van der Waals surface area contributed by atoms with Crippen molar-refractivity contribution < 1.29 is 12.9 Å². The smallest absolute Gasteiger partial charge is 0.244 e. The van der Waals surface area contributed by atoms with Gasteiger partial charge in [-0.2, -0.15) is 24.7 Å². The van der Waals surface area contributed by atoms with E-state index in [2.05, 4.69) is 25.1 Å². The van der Waals surface area contributed by atoms with Crippen LogP contribution in [-0.4, -0.2) is 33.6 Å². The molecule has 1 aromatic carbocycles. The number of benzene rings is 1. The van der Waals surface area contributed by atoms with Crippen LogP contribution < -0.4 is 4.72 Å². The van der Waals surface area contributed by atoms with Crippen LogP contribution in [-0.2, 0) is 17.1 Å². The van der Waals surface area contributed by atoms with Crippen molar-refractivity contribution in [2.75, 3.05) is 0 Å². The first-order valence-corrected chi connectivity index (χ1v) is 8.92. The van der Waals surface area contributed by atoms with E-state index in [1.54, 1.807) is 26.1 Å². The van der Waals surface area contributed by atoms with E-state index >= 15 is 0 Å². The maximum Gasteiger partial charge on any atom is 0.244 e. The van der Waals surface area contributed by atoms with Gasteiger partial charge in [0, 0.05) is 13.0 Å². The number of hydrogen-bond acceptors (Lipinski definition) is 7. The van der Waals surface area contributed by atoms with E-state index in [9.17, 15) is 8.42 Å². The van der Waals surface area contributed by atoms with Gasteiger partial charge in [-0.3, -0.25) is 0 Å². The second-order valence-corrected chi connectivity index (χ2v) is 7.48. The zero-order valence-electron chi connectivity index (χ0n) is 13.8. The second kappa shape index (κ2) is 5.95. The van der Waals surface area contributed by atoms with Crippen molar-refractivity contribution in [2.45, 2.75) is 37.6 Å². The fourth-order valence-corrected chi connectivity index (χ4v) is 3.59. The third-order valence-corrected chi connectivity index (χ3v) is 5.01. The van der Waals surface area contributed by atoms with Gasteiger partial charge < -0.3 is 4.52 Å². The highest BCUT2D eigenvalue weighted by Gasteiger charge is 2.25. The van der Waals surface area contributed by atoms with Crippen LogP contribution in [0.4, 0.5) is 0 Å². The Bertz CT molecular complexity index is 975. The van der Waals surface area contributed by atoms with Crippen molar-refractivity contribution in [1.82, 2.24) is 29.9 Å². The standard InChI is InChI=1S/C14H18N6O3S/c1-8(2)13-15-14(23-18-13)9(3)19-24(21,22)11-7-5-6-10-12(11)17-20(4)16-10/h5-9,19H,1-4H3. The normalized spacial score (nSPS) is 13.7. The molecule has 1 atom stereocenters. The summed E-state index contributed by atoms with van der Waals surface area (Å²) >= 11 is 0. The van der Waals surface area contributed by atoms with E-state index in [0.29, 0.717) is 16.9 Å². The highest BCUT2D eigenvalue weighted by Crippen LogP contribution is 2.22. The molecule has 0 spiro atoms. The molecule has 3 aromatic rings. The summed E-state index contributed by atoms with van der Waals surface area (Å²) < 4.78 is 33.1. The summed E-state index contributed by atoms with van der Waals surface area (Å²) in [4.78, 5) is 5.61. The van der Waals surface area contributed by atoms with E-state index in [1.807, 2.05) is 13.8 Å². The predicted octanol–water partition coefficient (Wildman–Crippen LogP) is 1.51. The van der Waals surface area contributed by atoms with Gasteiger partial charge in [-0.05, 0) is 19.1 Å². The number of aromatic nitrogens is 5. The number of aryl methyl sites for hydroxylation is 1. The molecule has 0 amide bonds. The minimum atomic E-state index is -3.83. The van der Waals surface area contributed by atoms with E-state index in [0.717, 1.165) is 0 Å². The first kappa shape index (κ1) is 16.5. The molecule has 0 bridgehead atoms. The Morgan fingerprint density at radius 1 is 1.21 bits per heavy atom. The zero-order valence-corrected chi connectivity index (χ0v) is 14.6. The third-order valence-electron chi connectivity index (χ3n) is 3.44. The summed E-state index contributed by atoms with van der Waals surface area (Å²) in [5.41, 5.74) is 0.820. The Hall–Kier alpha value is -2.33. The Labute approximate surface area is 139 Å². The average molecular weight is 350 g/mol. The summed E-state index contributed by atoms with van der Waals surface area (Å²) in [6, 6.07) is 4.15. The van der Waals surface area contributed by atoms with Crippen LogP contribution in [0.25, 0.3) is 11.0 Å². The Balaban J connectivity index is 1.92. The highest BCUT2D eigenvalue weighted by molar-refractivity contribution is 7.89. The molecule has 0 saturated heterocycles. The zero-order chi connectivity index (χ0) is 17.5. The quantitative estimate of drug-likeness (QED) is 0.741. The van der Waals surface area contributed by atoms with Crippen molar-refractivity contribution >= 4 is 21.1 Å². The molecule has 0 aliphatic heterocycles. The van der Waals surface area contributed by atoms with Gasteiger partial charge in [0.2, 0.25) is 15.9 Å². The number of fused-ring (bicyclic) bond motifs is 1. The van der Waals surface area contributed by atoms with Gasteiger partial charge in [0.05, 0.1) is 6.04 Å². The average Bonchev–Trinajstić information content (AvgIpc) is 3.11. The molecule has 9 nitrogen and oxygen atoms in total. The molecule has 2 aromatic heterocycles. The van der Waals surface area contributed by atoms with Gasteiger partial charge >= 0.3 is 0 Å². The summed E-state index contributed by atoms with van der Waals surface area (Å²) in [5.74, 6) is 0.848. The molecule has 0 aliphatic carbocycles. The van der Waals surface area contributed by atoms with Crippen molar-refractivity contribution in [3.8, 4) is 0 Å². The molecule has 2 heterocycles. The van der Waals surface area contributed by atoms with Crippen molar-refractivity contribution in [3.63, 3.8) is 0 Å². The first-order valence-electron chi connectivity index (χ1n) is 7.44. The largest absolute Gasteiger partial charge is 0.338 e. The van der Waals surface area contributed by atoms with Gasteiger partial charge in [-0.15, -0.1) is 0 Å². The van der Waals surface area contributed by atoms with E-state index in [1.165, 1.54) is 10.9 Å².